The summed E-state index contributed by atoms with van der Waals surface area (Å²) < 4.78 is 0. The van der Waals surface area contributed by atoms with Crippen molar-refractivity contribution in [3.8, 4) is 0 Å². The Balaban J connectivity index is 1.18. The first-order chi connectivity index (χ1) is 24.4. The number of hydrogen-bond donors (Lipinski definition) is 0. The van der Waals surface area contributed by atoms with Crippen molar-refractivity contribution in [1.29, 1.82) is 0 Å². The predicted molar refractivity (Wildman–Crippen MR) is 212 cm³/mol. The Bertz CT molecular complexity index is 2590. The zero-order chi connectivity index (χ0) is 35.2. The highest BCUT2D eigenvalue weighted by molar-refractivity contribution is 6.42. The Kier molecular flexibility index (Phi) is 6.79. The molecule has 0 radical (unpaired) electrons. The normalized spacial score (nSPS) is 15.0. The number of carbonyl (C=O) groups excluding carboxylic acids is 2. The van der Waals surface area contributed by atoms with Crippen molar-refractivity contribution in [2.24, 2.45) is 5.41 Å². The van der Waals surface area contributed by atoms with Gasteiger partial charge in [0.25, 0.3) is 0 Å². The van der Waals surface area contributed by atoms with Crippen molar-refractivity contribution in [2.75, 3.05) is 4.90 Å². The Morgan fingerprint density at radius 1 is 0.569 bits per heavy atom. The third-order valence-electron chi connectivity index (χ3n) is 10.8. The monoisotopic (exact) mass is 661 g/mol. The fourth-order valence-electron chi connectivity index (χ4n) is 8.23. The van der Waals surface area contributed by atoms with Crippen molar-refractivity contribution in [3.63, 3.8) is 0 Å². The molecule has 9 rings (SSSR count). The smallest absolute Gasteiger partial charge is 0.197 e. The topological polar surface area (TPSA) is 37.4 Å². The van der Waals surface area contributed by atoms with Crippen LogP contribution in [0.25, 0.3) is 38.4 Å². The third kappa shape index (κ3) is 5.10. The van der Waals surface area contributed by atoms with Crippen LogP contribution < -0.4 is 4.90 Å². The molecule has 0 saturated heterocycles. The second kappa shape index (κ2) is 11.1. The number of hydrogen-bond acceptors (Lipinski definition) is 3. The molecule has 3 nitrogen and oxygen atoms in total. The molecule has 7 aromatic carbocycles. The summed E-state index contributed by atoms with van der Waals surface area (Å²) in [6.45, 7) is 11.5. The molecule has 2 aliphatic rings. The maximum atomic E-state index is 13.6. The van der Waals surface area contributed by atoms with Gasteiger partial charge < -0.3 is 4.90 Å². The lowest BCUT2D eigenvalue weighted by Gasteiger charge is -2.42. The van der Waals surface area contributed by atoms with Crippen LogP contribution in [-0.4, -0.2) is 11.6 Å². The molecule has 0 spiro atoms. The van der Waals surface area contributed by atoms with Gasteiger partial charge in [0.05, 0.1) is 16.9 Å². The Hall–Kier alpha value is -5.80. The van der Waals surface area contributed by atoms with E-state index in [1.54, 1.807) is 6.08 Å². The largest absolute Gasteiger partial charge is 0.310 e. The lowest BCUT2D eigenvalue weighted by Crippen LogP contribution is -2.30. The zero-order valence-electron chi connectivity index (χ0n) is 29.7. The second-order valence-corrected chi connectivity index (χ2v) is 16.0. The molecule has 1 heterocycles. The van der Waals surface area contributed by atoms with Gasteiger partial charge in [0.2, 0.25) is 0 Å². The van der Waals surface area contributed by atoms with E-state index in [0.29, 0.717) is 11.1 Å². The summed E-state index contributed by atoms with van der Waals surface area (Å²) in [5.41, 5.74) is 9.27. The van der Waals surface area contributed by atoms with Crippen LogP contribution in [0, 0.1) is 5.41 Å². The van der Waals surface area contributed by atoms with Crippen LogP contribution in [0.4, 0.5) is 17.1 Å². The minimum absolute atomic E-state index is 0.208. The lowest BCUT2D eigenvalue weighted by molar-refractivity contribution is 0.0990. The average molecular weight is 662 g/mol. The van der Waals surface area contributed by atoms with Crippen LogP contribution in [0.3, 0.4) is 0 Å². The van der Waals surface area contributed by atoms with Crippen molar-refractivity contribution < 1.29 is 9.59 Å². The van der Waals surface area contributed by atoms with Gasteiger partial charge in [0.15, 0.2) is 11.6 Å². The highest BCUT2D eigenvalue weighted by atomic mass is 16.2. The third-order valence-corrected chi connectivity index (χ3v) is 10.8. The number of fused-ring (bicyclic) bond motifs is 6. The Morgan fingerprint density at radius 2 is 1.06 bits per heavy atom. The van der Waals surface area contributed by atoms with E-state index in [0.717, 1.165) is 44.9 Å². The summed E-state index contributed by atoms with van der Waals surface area (Å²) in [5, 5.41) is 6.53. The maximum absolute atomic E-state index is 13.6. The van der Waals surface area contributed by atoms with E-state index in [4.69, 9.17) is 0 Å². The minimum atomic E-state index is -0.291. The molecular weight excluding hydrogens is 623 g/mol. The summed E-state index contributed by atoms with van der Waals surface area (Å²) in [5.74, 6) is -0.416. The van der Waals surface area contributed by atoms with E-state index >= 15 is 0 Å². The van der Waals surface area contributed by atoms with E-state index in [9.17, 15) is 9.59 Å². The molecule has 7 aromatic rings. The van der Waals surface area contributed by atoms with E-state index in [1.165, 1.54) is 33.2 Å². The first kappa shape index (κ1) is 31.2. The molecular formula is C48H39NO2. The first-order valence-corrected chi connectivity index (χ1v) is 17.8. The number of allylic oxidation sites excluding steroid dienone is 1. The van der Waals surface area contributed by atoms with Crippen LogP contribution in [0.5, 0.6) is 0 Å². The van der Waals surface area contributed by atoms with E-state index in [1.807, 2.05) is 42.5 Å². The molecule has 0 unspecified atom stereocenters. The number of Topliss-reactive ketones (excluding diaryl/α,β-unsaturated/α-hetero) is 2. The van der Waals surface area contributed by atoms with Gasteiger partial charge >= 0.3 is 0 Å². The molecule has 0 bridgehead atoms. The number of nitrogens with zero attached hydrogens (tertiary/aromatic N) is 1. The SMILES string of the molecule is CC(C)(C)Cc1ccc(N2c3cc4ccccc4cc3C(C)(C)c3cc4cc(C=C5C(=O)c6cc7ccccc7cc6C5=O)ccc4cc32)cc1. The van der Waals surface area contributed by atoms with Gasteiger partial charge in [-0.05, 0) is 127 Å². The quantitative estimate of drug-likeness (QED) is 0.140. The number of rotatable bonds is 3. The summed E-state index contributed by atoms with van der Waals surface area (Å²) in [7, 11) is 0. The maximum Gasteiger partial charge on any atom is 0.197 e. The fourth-order valence-corrected chi connectivity index (χ4v) is 8.23. The number of carbonyl (C=O) groups is 2. The summed E-state index contributed by atoms with van der Waals surface area (Å²) >= 11 is 0. The van der Waals surface area contributed by atoms with Crippen molar-refractivity contribution in [3.05, 3.63) is 166 Å². The minimum Gasteiger partial charge on any atom is -0.310 e. The summed E-state index contributed by atoms with van der Waals surface area (Å²) in [6.07, 6.45) is 2.79. The van der Waals surface area contributed by atoms with Gasteiger partial charge in [0.1, 0.15) is 0 Å². The number of anilines is 3. The standard InChI is InChI=1S/C48H39NO2/c1-47(2,3)28-29-15-18-37(19-16-29)49-43-26-34-13-9-8-12-33(34)24-41(43)48(4,5)42-25-36-20-30(14-17-35(36)27-44(42)49)21-40-45(50)38-22-31-10-6-7-11-32(31)23-39(38)46(40)51/h6-27H,28H2,1-5H3. The van der Waals surface area contributed by atoms with Gasteiger partial charge in [0, 0.05) is 22.2 Å². The average Bonchev–Trinajstić information content (AvgIpc) is 3.33. The van der Waals surface area contributed by atoms with Crippen molar-refractivity contribution >= 4 is 67.0 Å². The number of benzene rings is 7. The molecule has 3 heteroatoms. The van der Waals surface area contributed by atoms with Crippen LogP contribution in [0.15, 0.2) is 133 Å². The molecule has 1 aliphatic carbocycles. The Morgan fingerprint density at radius 3 is 1.61 bits per heavy atom. The van der Waals surface area contributed by atoms with Crippen LogP contribution >= 0.6 is 0 Å². The molecule has 0 saturated carbocycles. The van der Waals surface area contributed by atoms with E-state index in [-0.39, 0.29) is 28.0 Å². The summed E-state index contributed by atoms with van der Waals surface area (Å²) in [4.78, 5) is 29.6. The molecule has 248 valence electrons. The van der Waals surface area contributed by atoms with Gasteiger partial charge in [-0.2, -0.15) is 0 Å². The zero-order valence-corrected chi connectivity index (χ0v) is 29.7. The van der Waals surface area contributed by atoms with E-state index in [2.05, 4.69) is 124 Å². The van der Waals surface area contributed by atoms with Crippen molar-refractivity contribution in [2.45, 2.75) is 46.5 Å². The predicted octanol–water partition coefficient (Wildman–Crippen LogP) is 12.3. The highest BCUT2D eigenvalue weighted by Gasteiger charge is 2.38. The van der Waals surface area contributed by atoms with Crippen LogP contribution in [0.2, 0.25) is 0 Å². The fraction of sp³-hybridized carbons (Fsp3) is 0.167. The Labute approximate surface area is 298 Å². The first-order valence-electron chi connectivity index (χ1n) is 17.8. The van der Waals surface area contributed by atoms with Gasteiger partial charge in [-0.1, -0.05) is 107 Å². The number of ketones is 2. The van der Waals surface area contributed by atoms with E-state index < -0.39 is 0 Å². The molecule has 51 heavy (non-hydrogen) atoms. The van der Waals surface area contributed by atoms with Crippen LogP contribution in [0.1, 0.15) is 77.6 Å². The van der Waals surface area contributed by atoms with Gasteiger partial charge in [-0.3, -0.25) is 9.59 Å². The second-order valence-electron chi connectivity index (χ2n) is 16.0. The molecule has 0 aromatic heterocycles. The molecule has 0 N–H and O–H groups in total. The molecule has 1 aliphatic heterocycles. The molecule has 0 atom stereocenters. The highest BCUT2D eigenvalue weighted by Crippen LogP contribution is 2.54. The lowest BCUT2D eigenvalue weighted by atomic mass is 9.72. The summed E-state index contributed by atoms with van der Waals surface area (Å²) in [6, 6.07) is 44.8. The molecule has 0 fully saturated rings. The van der Waals surface area contributed by atoms with Crippen LogP contribution in [-0.2, 0) is 11.8 Å². The van der Waals surface area contributed by atoms with Gasteiger partial charge in [-0.25, -0.2) is 0 Å². The van der Waals surface area contributed by atoms with Gasteiger partial charge in [-0.15, -0.1) is 0 Å². The van der Waals surface area contributed by atoms with Crippen molar-refractivity contribution in [1.82, 2.24) is 0 Å². The molecule has 0 amide bonds.